The minimum atomic E-state index is -0.787. The van der Waals surface area contributed by atoms with Gasteiger partial charge < -0.3 is 25.5 Å². The number of Topliss-reactive ketones (excluding diaryl/α,β-unsaturated/α-hetero) is 1. The van der Waals surface area contributed by atoms with Crippen LogP contribution in [0.4, 0.5) is 4.39 Å². The summed E-state index contributed by atoms with van der Waals surface area (Å²) in [5.41, 5.74) is 1.36. The molecule has 0 saturated carbocycles. The van der Waals surface area contributed by atoms with Gasteiger partial charge >= 0.3 is 0 Å². The number of benzene rings is 1. The SMILES string of the molecule is COc1nc2c(cc1C(=O)N1C[C@H](C)N(Cc3ccc(F)cc3)C[C@H]1C)c(C(=O)C(=O)N1CC[C@H](O)C1)cn2N. The van der Waals surface area contributed by atoms with Crippen molar-refractivity contribution in [1.82, 2.24) is 24.4 Å². The summed E-state index contributed by atoms with van der Waals surface area (Å²) >= 11 is 0. The first kappa shape index (κ1) is 27.5. The van der Waals surface area contributed by atoms with Crippen LogP contribution < -0.4 is 10.6 Å². The molecule has 0 aliphatic carbocycles. The molecule has 0 bridgehead atoms. The monoisotopic (exact) mass is 552 g/mol. The van der Waals surface area contributed by atoms with Gasteiger partial charge in [-0.2, -0.15) is 4.98 Å². The Morgan fingerprint density at radius 2 is 1.82 bits per heavy atom. The largest absolute Gasteiger partial charge is 0.480 e. The van der Waals surface area contributed by atoms with Crippen molar-refractivity contribution in [2.75, 3.05) is 39.1 Å². The number of carbonyl (C=O) groups is 3. The summed E-state index contributed by atoms with van der Waals surface area (Å²) in [7, 11) is 1.40. The predicted molar refractivity (Wildman–Crippen MR) is 145 cm³/mol. The highest BCUT2D eigenvalue weighted by Gasteiger charge is 2.36. The second-order valence-corrected chi connectivity index (χ2v) is 10.6. The molecule has 2 aliphatic rings. The zero-order valence-electron chi connectivity index (χ0n) is 22.7. The van der Waals surface area contributed by atoms with Crippen molar-refractivity contribution >= 4 is 28.6 Å². The predicted octanol–water partition coefficient (Wildman–Crippen LogP) is 1.41. The van der Waals surface area contributed by atoms with Gasteiger partial charge in [0, 0.05) is 56.4 Å². The molecule has 2 aromatic heterocycles. The van der Waals surface area contributed by atoms with Gasteiger partial charge in [0.2, 0.25) is 5.88 Å². The molecule has 2 amide bonds. The van der Waals surface area contributed by atoms with Gasteiger partial charge in [0.25, 0.3) is 17.6 Å². The first-order valence-corrected chi connectivity index (χ1v) is 13.2. The molecule has 11 nitrogen and oxygen atoms in total. The molecule has 0 unspecified atom stereocenters. The topological polar surface area (TPSA) is 134 Å². The molecule has 2 fully saturated rings. The highest BCUT2D eigenvalue weighted by Crippen LogP contribution is 2.29. The minimum Gasteiger partial charge on any atom is -0.480 e. The zero-order chi connectivity index (χ0) is 28.7. The number of aromatic nitrogens is 2. The molecule has 0 spiro atoms. The van der Waals surface area contributed by atoms with Crippen LogP contribution in [0.2, 0.25) is 0 Å². The van der Waals surface area contributed by atoms with Gasteiger partial charge in [-0.3, -0.25) is 24.0 Å². The maximum Gasteiger partial charge on any atom is 0.295 e. The van der Waals surface area contributed by atoms with Gasteiger partial charge in [0.1, 0.15) is 11.4 Å². The van der Waals surface area contributed by atoms with Gasteiger partial charge in [0.05, 0.1) is 18.8 Å². The van der Waals surface area contributed by atoms with E-state index in [9.17, 15) is 23.9 Å². The molecular weight excluding hydrogens is 519 g/mol. The van der Waals surface area contributed by atoms with Crippen molar-refractivity contribution in [2.45, 2.75) is 45.0 Å². The Morgan fingerprint density at radius 1 is 1.10 bits per heavy atom. The number of ether oxygens (including phenoxy) is 1. The second kappa shape index (κ2) is 10.9. The Bertz CT molecular complexity index is 1460. The number of piperazine rings is 1. The summed E-state index contributed by atoms with van der Waals surface area (Å²) in [4.78, 5) is 49.6. The average Bonchev–Trinajstić information content (AvgIpc) is 3.52. The quantitative estimate of drug-likeness (QED) is 0.266. The Hall–Kier alpha value is -4.03. The van der Waals surface area contributed by atoms with Crippen LogP contribution in [0.25, 0.3) is 11.0 Å². The number of rotatable bonds is 6. The number of likely N-dealkylation sites (tertiary alicyclic amines) is 1. The Morgan fingerprint density at radius 3 is 2.48 bits per heavy atom. The van der Waals surface area contributed by atoms with E-state index >= 15 is 0 Å². The number of β-amino-alcohol motifs (C(OH)–C–C–N with tert-alkyl or cyclic N) is 1. The van der Waals surface area contributed by atoms with Crippen LogP contribution in [0.1, 0.15) is 46.5 Å². The van der Waals surface area contributed by atoms with Crippen LogP contribution >= 0.6 is 0 Å². The van der Waals surface area contributed by atoms with E-state index in [1.54, 1.807) is 17.0 Å². The third kappa shape index (κ3) is 5.11. The molecule has 0 radical (unpaired) electrons. The lowest BCUT2D eigenvalue weighted by Crippen LogP contribution is -2.57. The summed E-state index contributed by atoms with van der Waals surface area (Å²) < 4.78 is 19.9. The van der Waals surface area contributed by atoms with E-state index in [1.165, 1.54) is 36.4 Å². The third-order valence-corrected chi connectivity index (χ3v) is 7.76. The molecule has 3 atom stereocenters. The van der Waals surface area contributed by atoms with Gasteiger partial charge in [0.15, 0.2) is 5.65 Å². The minimum absolute atomic E-state index is 0.0172. The van der Waals surface area contributed by atoms with Gasteiger partial charge in [-0.1, -0.05) is 12.1 Å². The Kier molecular flexibility index (Phi) is 7.47. The fourth-order valence-corrected chi connectivity index (χ4v) is 5.51. The number of nitrogens with zero attached hydrogens (tertiary/aromatic N) is 5. The summed E-state index contributed by atoms with van der Waals surface area (Å²) in [5.74, 6) is 4.00. The van der Waals surface area contributed by atoms with Crippen molar-refractivity contribution < 1.29 is 28.6 Å². The number of aliphatic hydroxyl groups excluding tert-OH is 1. The van der Waals surface area contributed by atoms with Crippen LogP contribution in [0, 0.1) is 5.82 Å². The zero-order valence-corrected chi connectivity index (χ0v) is 22.7. The van der Waals surface area contributed by atoms with E-state index in [1.807, 2.05) is 13.8 Å². The lowest BCUT2D eigenvalue weighted by Gasteiger charge is -2.44. The van der Waals surface area contributed by atoms with E-state index in [2.05, 4.69) is 9.88 Å². The molecule has 3 aromatic rings. The molecule has 1 aromatic carbocycles. The van der Waals surface area contributed by atoms with Crippen molar-refractivity contribution in [3.63, 3.8) is 0 Å². The van der Waals surface area contributed by atoms with Crippen LogP contribution in [0.3, 0.4) is 0 Å². The standard InChI is InChI=1S/C28H33FN6O5/c1-16-12-34(17(2)11-33(16)13-18-4-6-19(29)7-5-18)27(38)22-10-21-23(15-35(30)25(21)31-26(22)40-3)24(37)28(39)32-9-8-20(36)14-32/h4-7,10,15-17,20,36H,8-9,11-14,30H2,1-3H3/t16-,17+,20-/m0/s1. The fraction of sp³-hybridized carbons (Fsp3) is 0.429. The van der Waals surface area contributed by atoms with E-state index in [4.69, 9.17) is 10.6 Å². The number of nitrogens with two attached hydrogens (primary N) is 1. The number of hydrogen-bond donors (Lipinski definition) is 2. The van der Waals surface area contributed by atoms with Crippen LogP contribution in [0.15, 0.2) is 36.5 Å². The number of ketones is 1. The van der Waals surface area contributed by atoms with Gasteiger partial charge in [-0.05, 0) is 44.0 Å². The van der Waals surface area contributed by atoms with E-state index in [0.29, 0.717) is 26.1 Å². The molecular formula is C28H33FN6O5. The van der Waals surface area contributed by atoms with E-state index in [0.717, 1.165) is 10.2 Å². The number of methoxy groups -OCH3 is 1. The summed E-state index contributed by atoms with van der Waals surface area (Å²) in [6, 6.07) is 7.76. The van der Waals surface area contributed by atoms with Crippen LogP contribution in [-0.4, -0.2) is 98.5 Å². The van der Waals surface area contributed by atoms with Crippen molar-refractivity contribution in [1.29, 1.82) is 0 Å². The maximum absolute atomic E-state index is 13.9. The molecule has 3 N–H and O–H groups in total. The van der Waals surface area contributed by atoms with Crippen LogP contribution in [0.5, 0.6) is 5.88 Å². The second-order valence-electron chi connectivity index (χ2n) is 10.6. The first-order valence-electron chi connectivity index (χ1n) is 13.2. The maximum atomic E-state index is 13.9. The number of aliphatic hydroxyl groups is 1. The summed E-state index contributed by atoms with van der Waals surface area (Å²) in [5, 5.41) is 10.0. The number of pyridine rings is 1. The number of carbonyl (C=O) groups excluding carboxylic acids is 3. The average molecular weight is 553 g/mol. The third-order valence-electron chi connectivity index (χ3n) is 7.76. The fourth-order valence-electron chi connectivity index (χ4n) is 5.51. The number of nitrogen functional groups attached to an aromatic ring is 1. The van der Waals surface area contributed by atoms with Gasteiger partial charge in [-0.25, -0.2) is 4.39 Å². The molecule has 4 heterocycles. The lowest BCUT2D eigenvalue weighted by molar-refractivity contribution is -0.125. The molecule has 5 rings (SSSR count). The highest BCUT2D eigenvalue weighted by atomic mass is 19.1. The molecule has 40 heavy (non-hydrogen) atoms. The lowest BCUT2D eigenvalue weighted by atomic mass is 10.0. The summed E-state index contributed by atoms with van der Waals surface area (Å²) in [6.45, 7) is 6.01. The first-order chi connectivity index (χ1) is 19.1. The van der Waals surface area contributed by atoms with Crippen LogP contribution in [-0.2, 0) is 11.3 Å². The normalized spacial score (nSPS) is 21.7. The smallest absolute Gasteiger partial charge is 0.295 e. The molecule has 2 aliphatic heterocycles. The van der Waals surface area contributed by atoms with Crippen molar-refractivity contribution in [2.24, 2.45) is 0 Å². The highest BCUT2D eigenvalue weighted by molar-refractivity contribution is 6.45. The van der Waals surface area contributed by atoms with Crippen molar-refractivity contribution in [3.8, 4) is 5.88 Å². The molecule has 12 heteroatoms. The summed E-state index contributed by atoms with van der Waals surface area (Å²) in [6.07, 6.45) is 1.06. The van der Waals surface area contributed by atoms with E-state index in [-0.39, 0.29) is 64.9 Å². The Balaban J connectivity index is 1.41. The number of halogens is 1. The number of hydrogen-bond acceptors (Lipinski definition) is 8. The van der Waals surface area contributed by atoms with Crippen molar-refractivity contribution in [3.05, 3.63) is 59.0 Å². The van der Waals surface area contributed by atoms with Gasteiger partial charge in [-0.15, -0.1) is 0 Å². The number of amides is 2. The molecule has 2 saturated heterocycles. The Labute approximate surface area is 230 Å². The molecule has 212 valence electrons. The number of fused-ring (bicyclic) bond motifs is 1. The van der Waals surface area contributed by atoms with E-state index < -0.39 is 17.8 Å².